The van der Waals surface area contributed by atoms with Crippen molar-refractivity contribution in [3.8, 4) is 6.07 Å². The molecule has 1 rings (SSSR count). The van der Waals surface area contributed by atoms with Gasteiger partial charge in [0, 0.05) is 0 Å². The van der Waals surface area contributed by atoms with Gasteiger partial charge in [0.2, 0.25) is 0 Å². The fourth-order valence-electron chi connectivity index (χ4n) is 1.31. The van der Waals surface area contributed by atoms with Gasteiger partial charge in [-0.2, -0.15) is 5.26 Å². The van der Waals surface area contributed by atoms with Crippen LogP contribution in [0.15, 0.2) is 36.4 Å². The number of benzene rings is 1. The van der Waals surface area contributed by atoms with Crippen LogP contribution in [0.1, 0.15) is 25.3 Å². The van der Waals surface area contributed by atoms with Crippen LogP contribution in [-0.2, 0) is 0 Å². The highest BCUT2D eigenvalue weighted by atomic mass is 14.3. The average molecular weight is 185 g/mol. The minimum Gasteiger partial charge on any atom is -0.198 e. The van der Waals surface area contributed by atoms with Crippen LogP contribution < -0.4 is 0 Å². The summed E-state index contributed by atoms with van der Waals surface area (Å²) in [6, 6.07) is 12.4. The smallest absolute Gasteiger partial charge is 0.0697 e. The van der Waals surface area contributed by atoms with Gasteiger partial charge in [0.1, 0.15) is 0 Å². The van der Waals surface area contributed by atoms with Crippen molar-refractivity contribution >= 4 is 6.08 Å². The van der Waals surface area contributed by atoms with Crippen LogP contribution in [0.4, 0.5) is 0 Å². The first-order valence-electron chi connectivity index (χ1n) is 4.99. The van der Waals surface area contributed by atoms with Crippen molar-refractivity contribution in [1.29, 1.82) is 5.26 Å². The molecule has 0 saturated heterocycles. The monoisotopic (exact) mass is 185 g/mol. The third-order valence-electron chi connectivity index (χ3n) is 2.09. The van der Waals surface area contributed by atoms with Crippen molar-refractivity contribution in [2.75, 3.05) is 0 Å². The highest BCUT2D eigenvalue weighted by Crippen LogP contribution is 2.09. The summed E-state index contributed by atoms with van der Waals surface area (Å²) in [4.78, 5) is 0. The van der Waals surface area contributed by atoms with Gasteiger partial charge in [-0.1, -0.05) is 55.8 Å². The lowest BCUT2D eigenvalue weighted by Gasteiger charge is -1.99. The van der Waals surface area contributed by atoms with E-state index >= 15 is 0 Å². The quantitative estimate of drug-likeness (QED) is 0.702. The Kier molecular flexibility index (Phi) is 4.50. The Balaban J connectivity index is 2.59. The van der Waals surface area contributed by atoms with Crippen LogP contribution in [0.25, 0.3) is 6.08 Å². The Morgan fingerprint density at radius 1 is 1.36 bits per heavy atom. The Labute approximate surface area is 85.7 Å². The van der Waals surface area contributed by atoms with Crippen molar-refractivity contribution in [3.63, 3.8) is 0 Å². The molecule has 14 heavy (non-hydrogen) atoms. The van der Waals surface area contributed by atoms with E-state index < -0.39 is 0 Å². The third kappa shape index (κ3) is 3.45. The molecule has 0 aliphatic carbocycles. The van der Waals surface area contributed by atoms with Gasteiger partial charge in [-0.25, -0.2) is 0 Å². The van der Waals surface area contributed by atoms with Crippen LogP contribution in [-0.4, -0.2) is 0 Å². The highest BCUT2D eigenvalue weighted by molar-refractivity contribution is 5.49. The van der Waals surface area contributed by atoms with E-state index in [1.165, 1.54) is 0 Å². The molecular formula is C13H15N. The van der Waals surface area contributed by atoms with Gasteiger partial charge in [0.25, 0.3) is 0 Å². The van der Waals surface area contributed by atoms with Crippen molar-refractivity contribution in [1.82, 2.24) is 0 Å². The van der Waals surface area contributed by atoms with E-state index in [0.29, 0.717) is 0 Å². The molecule has 0 spiro atoms. The summed E-state index contributed by atoms with van der Waals surface area (Å²) in [6.07, 6.45) is 6.00. The summed E-state index contributed by atoms with van der Waals surface area (Å²) in [5.41, 5.74) is 1.16. The predicted octanol–water partition coefficient (Wildman–Crippen LogP) is 3.64. The lowest BCUT2D eigenvalue weighted by atomic mass is 10.0. The highest BCUT2D eigenvalue weighted by Gasteiger charge is 1.99. The molecule has 1 atom stereocenters. The number of nitrogens with zero attached hydrogens (tertiary/aromatic N) is 1. The first-order chi connectivity index (χ1) is 6.86. The summed E-state index contributed by atoms with van der Waals surface area (Å²) in [7, 11) is 0. The molecule has 0 aromatic heterocycles. The predicted molar refractivity (Wildman–Crippen MR) is 59.5 cm³/mol. The Morgan fingerprint density at radius 2 is 2.07 bits per heavy atom. The molecular weight excluding hydrogens is 170 g/mol. The van der Waals surface area contributed by atoms with E-state index in [0.717, 1.165) is 18.4 Å². The second-order valence-electron chi connectivity index (χ2n) is 3.29. The molecule has 1 heteroatoms. The van der Waals surface area contributed by atoms with Crippen molar-refractivity contribution in [2.45, 2.75) is 19.8 Å². The molecule has 0 N–H and O–H groups in total. The number of hydrogen-bond donors (Lipinski definition) is 0. The molecule has 1 nitrogen and oxygen atoms in total. The summed E-state index contributed by atoms with van der Waals surface area (Å²) in [5.74, 6) is 0.0557. The molecule has 1 unspecified atom stereocenters. The second kappa shape index (κ2) is 5.99. The summed E-state index contributed by atoms with van der Waals surface area (Å²) < 4.78 is 0. The molecule has 1 aromatic rings. The Bertz CT molecular complexity index is 319. The number of nitriles is 1. The van der Waals surface area contributed by atoms with E-state index in [9.17, 15) is 0 Å². The largest absolute Gasteiger partial charge is 0.198 e. The molecule has 0 amide bonds. The lowest BCUT2D eigenvalue weighted by molar-refractivity contribution is 0.704. The van der Waals surface area contributed by atoms with E-state index in [2.05, 4.69) is 13.0 Å². The molecule has 0 radical (unpaired) electrons. The number of allylic oxidation sites excluding steroid dienone is 1. The molecule has 72 valence electrons. The minimum atomic E-state index is 0.0557. The van der Waals surface area contributed by atoms with Crippen LogP contribution in [0.5, 0.6) is 0 Å². The van der Waals surface area contributed by atoms with Crippen LogP contribution >= 0.6 is 0 Å². The van der Waals surface area contributed by atoms with Gasteiger partial charge in [0.05, 0.1) is 12.0 Å². The minimum absolute atomic E-state index is 0.0557. The summed E-state index contributed by atoms with van der Waals surface area (Å²) in [5, 5.41) is 8.83. The maximum absolute atomic E-state index is 8.83. The maximum atomic E-state index is 8.83. The van der Waals surface area contributed by atoms with Gasteiger partial charge in [-0.15, -0.1) is 0 Å². The van der Waals surface area contributed by atoms with Gasteiger partial charge in [-0.05, 0) is 12.0 Å². The Morgan fingerprint density at radius 3 is 2.64 bits per heavy atom. The van der Waals surface area contributed by atoms with Crippen molar-refractivity contribution in [3.05, 3.63) is 42.0 Å². The molecule has 1 aromatic carbocycles. The SMILES string of the molecule is CCCC(C#N)/C=C/c1ccccc1. The molecule has 0 saturated carbocycles. The fraction of sp³-hybridized carbons (Fsp3) is 0.308. The first kappa shape index (κ1) is 10.5. The third-order valence-corrected chi connectivity index (χ3v) is 2.09. The lowest BCUT2D eigenvalue weighted by Crippen LogP contribution is -1.89. The summed E-state index contributed by atoms with van der Waals surface area (Å²) in [6.45, 7) is 2.10. The van der Waals surface area contributed by atoms with E-state index in [-0.39, 0.29) is 5.92 Å². The number of hydrogen-bond acceptors (Lipinski definition) is 1. The van der Waals surface area contributed by atoms with Crippen molar-refractivity contribution in [2.24, 2.45) is 5.92 Å². The maximum Gasteiger partial charge on any atom is 0.0697 e. The van der Waals surface area contributed by atoms with Crippen LogP contribution in [0.2, 0.25) is 0 Å². The zero-order valence-electron chi connectivity index (χ0n) is 8.48. The molecule has 0 bridgehead atoms. The molecule has 0 heterocycles. The first-order valence-corrected chi connectivity index (χ1v) is 4.99. The van der Waals surface area contributed by atoms with E-state index in [1.54, 1.807) is 0 Å². The Hall–Kier alpha value is -1.55. The standard InChI is InChI=1S/C13H15N/c1-2-6-13(11-14)10-9-12-7-4-3-5-8-12/h3-5,7-10,13H,2,6H2,1H3/b10-9+. The molecule has 0 aliphatic rings. The van der Waals surface area contributed by atoms with Crippen molar-refractivity contribution < 1.29 is 0 Å². The van der Waals surface area contributed by atoms with E-state index in [4.69, 9.17) is 5.26 Å². The number of rotatable bonds is 4. The topological polar surface area (TPSA) is 23.8 Å². The normalized spacial score (nSPS) is 12.6. The fourth-order valence-corrected chi connectivity index (χ4v) is 1.31. The summed E-state index contributed by atoms with van der Waals surface area (Å²) >= 11 is 0. The van der Waals surface area contributed by atoms with Gasteiger partial charge in [0.15, 0.2) is 0 Å². The van der Waals surface area contributed by atoms with Gasteiger partial charge < -0.3 is 0 Å². The average Bonchev–Trinajstić information content (AvgIpc) is 2.25. The zero-order valence-corrected chi connectivity index (χ0v) is 8.48. The molecule has 0 aliphatic heterocycles. The van der Waals surface area contributed by atoms with Gasteiger partial charge in [-0.3, -0.25) is 0 Å². The van der Waals surface area contributed by atoms with E-state index in [1.807, 2.05) is 42.5 Å². The van der Waals surface area contributed by atoms with Crippen LogP contribution in [0.3, 0.4) is 0 Å². The molecule has 0 fully saturated rings. The zero-order chi connectivity index (χ0) is 10.2. The van der Waals surface area contributed by atoms with Gasteiger partial charge >= 0.3 is 0 Å². The second-order valence-corrected chi connectivity index (χ2v) is 3.29. The van der Waals surface area contributed by atoms with Crippen LogP contribution in [0, 0.1) is 17.2 Å².